The Kier molecular flexibility index (Phi) is 3.15. The van der Waals surface area contributed by atoms with Crippen LogP contribution in [0.25, 0.3) is 5.52 Å². The van der Waals surface area contributed by atoms with Crippen molar-refractivity contribution in [1.82, 2.24) is 9.61 Å². The first-order valence-corrected chi connectivity index (χ1v) is 5.62. The first kappa shape index (κ1) is 14.8. The van der Waals surface area contributed by atoms with E-state index in [2.05, 4.69) is 5.10 Å². The Morgan fingerprint density at radius 3 is 2.19 bits per heavy atom. The van der Waals surface area contributed by atoms with Crippen molar-refractivity contribution >= 4 is 17.5 Å². The van der Waals surface area contributed by atoms with Crippen molar-refractivity contribution in [3.05, 3.63) is 34.1 Å². The summed E-state index contributed by atoms with van der Waals surface area (Å²) in [6, 6.07) is 0. The topological polar surface area (TPSA) is 91.9 Å². The highest BCUT2D eigenvalue weighted by atomic mass is 19.4. The Morgan fingerprint density at radius 1 is 1.19 bits per heavy atom. The van der Waals surface area contributed by atoms with Gasteiger partial charge in [0.1, 0.15) is 5.56 Å². The highest BCUT2D eigenvalue weighted by Gasteiger charge is 2.37. The molecular formula is C12H9F3N2O4. The molecule has 0 aliphatic carbocycles. The Bertz CT molecular complexity index is 777. The molecule has 2 N–H and O–H groups in total. The number of nitrogens with zero attached hydrogens (tertiary/aromatic N) is 2. The van der Waals surface area contributed by atoms with Crippen molar-refractivity contribution in [2.45, 2.75) is 20.0 Å². The number of carboxylic acid groups (broad SMARTS) is 2. The normalized spacial score (nSPS) is 11.9. The highest BCUT2D eigenvalue weighted by molar-refractivity contribution is 6.06. The van der Waals surface area contributed by atoms with Gasteiger partial charge in [0.2, 0.25) is 0 Å². The van der Waals surface area contributed by atoms with Crippen molar-refractivity contribution in [2.24, 2.45) is 0 Å². The molecule has 21 heavy (non-hydrogen) atoms. The predicted octanol–water partition coefficient (Wildman–Crippen LogP) is 2.37. The lowest BCUT2D eigenvalue weighted by Crippen LogP contribution is -2.13. The number of alkyl halides is 3. The molecule has 0 atom stereocenters. The molecule has 112 valence electrons. The number of aromatic carboxylic acids is 2. The molecule has 0 aliphatic heterocycles. The van der Waals surface area contributed by atoms with E-state index in [1.54, 1.807) is 0 Å². The molecule has 0 amide bonds. The van der Waals surface area contributed by atoms with Crippen LogP contribution in [0.4, 0.5) is 13.2 Å². The first-order valence-electron chi connectivity index (χ1n) is 5.62. The molecule has 0 aromatic carbocycles. The second-order valence-corrected chi connectivity index (χ2v) is 4.44. The van der Waals surface area contributed by atoms with Gasteiger partial charge in [0.15, 0.2) is 5.69 Å². The average Bonchev–Trinajstić information content (AvgIpc) is 2.66. The van der Waals surface area contributed by atoms with Gasteiger partial charge in [-0.3, -0.25) is 0 Å². The van der Waals surface area contributed by atoms with E-state index in [1.165, 1.54) is 6.92 Å². The van der Waals surface area contributed by atoms with Crippen LogP contribution in [-0.4, -0.2) is 31.8 Å². The molecule has 6 nitrogen and oxygen atoms in total. The van der Waals surface area contributed by atoms with Crippen LogP contribution in [0.5, 0.6) is 0 Å². The van der Waals surface area contributed by atoms with Crippen molar-refractivity contribution < 1.29 is 33.0 Å². The summed E-state index contributed by atoms with van der Waals surface area (Å²) in [4.78, 5) is 22.2. The standard InChI is InChI=1S/C12H9F3N2O4/c1-4-3-17-9(5(2)7(4)12(13,14)15)6(10(18)19)8(16-17)11(20)21/h3H,1-2H3,(H,18,19)(H,20,21). The number of aromatic nitrogens is 2. The van der Waals surface area contributed by atoms with Gasteiger partial charge >= 0.3 is 18.1 Å². The van der Waals surface area contributed by atoms with Gasteiger partial charge in [-0.1, -0.05) is 0 Å². The summed E-state index contributed by atoms with van der Waals surface area (Å²) in [5, 5.41) is 21.6. The molecule has 0 saturated heterocycles. The van der Waals surface area contributed by atoms with E-state index in [4.69, 9.17) is 10.2 Å². The number of hydrogen-bond acceptors (Lipinski definition) is 3. The maximum absolute atomic E-state index is 13.0. The Balaban J connectivity index is 3.01. The third-order valence-corrected chi connectivity index (χ3v) is 3.05. The summed E-state index contributed by atoms with van der Waals surface area (Å²) in [7, 11) is 0. The molecule has 2 aromatic heterocycles. The Hall–Kier alpha value is -2.58. The van der Waals surface area contributed by atoms with Crippen LogP contribution in [0.1, 0.15) is 37.5 Å². The Labute approximate surface area is 115 Å². The minimum Gasteiger partial charge on any atom is -0.478 e. The van der Waals surface area contributed by atoms with E-state index < -0.39 is 34.9 Å². The van der Waals surface area contributed by atoms with Crippen LogP contribution in [0, 0.1) is 13.8 Å². The molecule has 0 bridgehead atoms. The van der Waals surface area contributed by atoms with Gasteiger partial charge in [0.25, 0.3) is 0 Å². The van der Waals surface area contributed by atoms with Crippen molar-refractivity contribution in [3.8, 4) is 0 Å². The van der Waals surface area contributed by atoms with Crippen LogP contribution in [0.15, 0.2) is 6.20 Å². The molecule has 0 spiro atoms. The number of carboxylic acids is 2. The van der Waals surface area contributed by atoms with Crippen LogP contribution in [0.2, 0.25) is 0 Å². The van der Waals surface area contributed by atoms with E-state index in [-0.39, 0.29) is 16.6 Å². The fourth-order valence-electron chi connectivity index (χ4n) is 2.34. The van der Waals surface area contributed by atoms with Gasteiger partial charge in [-0.15, -0.1) is 0 Å². The van der Waals surface area contributed by atoms with E-state index in [1.807, 2.05) is 0 Å². The Morgan fingerprint density at radius 2 is 1.76 bits per heavy atom. The maximum atomic E-state index is 13.0. The number of fused-ring (bicyclic) bond motifs is 1. The number of rotatable bonds is 2. The third-order valence-electron chi connectivity index (χ3n) is 3.05. The zero-order valence-corrected chi connectivity index (χ0v) is 10.8. The van der Waals surface area contributed by atoms with Gasteiger partial charge in [0, 0.05) is 6.20 Å². The van der Waals surface area contributed by atoms with Crippen molar-refractivity contribution in [1.29, 1.82) is 0 Å². The number of hydrogen-bond donors (Lipinski definition) is 2. The molecule has 0 radical (unpaired) electrons. The van der Waals surface area contributed by atoms with E-state index in [0.717, 1.165) is 17.6 Å². The highest BCUT2D eigenvalue weighted by Crippen LogP contribution is 2.37. The molecule has 2 aromatic rings. The molecule has 0 fully saturated rings. The van der Waals surface area contributed by atoms with E-state index in [0.29, 0.717) is 0 Å². The van der Waals surface area contributed by atoms with Crippen molar-refractivity contribution in [3.63, 3.8) is 0 Å². The van der Waals surface area contributed by atoms with E-state index >= 15 is 0 Å². The van der Waals surface area contributed by atoms with Crippen LogP contribution in [-0.2, 0) is 6.18 Å². The molecule has 0 aliphatic rings. The quantitative estimate of drug-likeness (QED) is 0.888. The monoisotopic (exact) mass is 302 g/mol. The lowest BCUT2D eigenvalue weighted by atomic mass is 10.0. The van der Waals surface area contributed by atoms with Gasteiger partial charge in [-0.05, 0) is 25.0 Å². The van der Waals surface area contributed by atoms with Crippen LogP contribution < -0.4 is 0 Å². The first-order chi connectivity index (χ1) is 9.55. The molecule has 2 heterocycles. The fourth-order valence-corrected chi connectivity index (χ4v) is 2.34. The molecule has 9 heteroatoms. The minimum atomic E-state index is -4.68. The number of halogens is 3. The smallest absolute Gasteiger partial charge is 0.417 e. The molecule has 0 saturated carbocycles. The zero-order chi connectivity index (χ0) is 16.1. The van der Waals surface area contributed by atoms with Gasteiger partial charge in [-0.2, -0.15) is 18.3 Å². The predicted molar refractivity (Wildman–Crippen MR) is 63.6 cm³/mol. The van der Waals surface area contributed by atoms with Gasteiger partial charge in [-0.25, -0.2) is 14.1 Å². The summed E-state index contributed by atoms with van der Waals surface area (Å²) in [6.07, 6.45) is -3.72. The summed E-state index contributed by atoms with van der Waals surface area (Å²) < 4.78 is 40.0. The van der Waals surface area contributed by atoms with E-state index in [9.17, 15) is 22.8 Å². The second kappa shape index (κ2) is 4.47. The minimum absolute atomic E-state index is 0.177. The lowest BCUT2D eigenvalue weighted by molar-refractivity contribution is -0.138. The number of carbonyl (C=O) groups is 2. The maximum Gasteiger partial charge on any atom is 0.417 e. The van der Waals surface area contributed by atoms with Crippen LogP contribution >= 0.6 is 0 Å². The average molecular weight is 302 g/mol. The van der Waals surface area contributed by atoms with Gasteiger partial charge in [0.05, 0.1) is 11.1 Å². The fraction of sp³-hybridized carbons (Fsp3) is 0.250. The molecular weight excluding hydrogens is 293 g/mol. The third kappa shape index (κ3) is 2.20. The number of aryl methyl sites for hydroxylation is 2. The summed E-state index contributed by atoms with van der Waals surface area (Å²) >= 11 is 0. The molecule has 0 unspecified atom stereocenters. The SMILES string of the molecule is Cc1cn2nc(C(=O)O)c(C(=O)O)c2c(C)c1C(F)(F)F. The van der Waals surface area contributed by atoms with Crippen LogP contribution in [0.3, 0.4) is 0 Å². The lowest BCUT2D eigenvalue weighted by Gasteiger charge is -2.14. The summed E-state index contributed by atoms with van der Waals surface area (Å²) in [5.41, 5.74) is -3.48. The van der Waals surface area contributed by atoms with Gasteiger partial charge < -0.3 is 10.2 Å². The zero-order valence-electron chi connectivity index (χ0n) is 10.8. The summed E-state index contributed by atoms with van der Waals surface area (Å²) in [5.74, 6) is -3.27. The molecule has 2 rings (SSSR count). The summed E-state index contributed by atoms with van der Waals surface area (Å²) in [6.45, 7) is 2.28. The largest absolute Gasteiger partial charge is 0.478 e. The van der Waals surface area contributed by atoms with Crippen molar-refractivity contribution in [2.75, 3.05) is 0 Å². The second-order valence-electron chi connectivity index (χ2n) is 4.44. The number of pyridine rings is 1.